The minimum atomic E-state index is -0.0629. The van der Waals surface area contributed by atoms with Crippen LogP contribution in [-0.4, -0.2) is 57.4 Å². The van der Waals surface area contributed by atoms with Gasteiger partial charge in [0.2, 0.25) is 5.65 Å². The number of hydrogen-bond acceptors (Lipinski definition) is 4. The van der Waals surface area contributed by atoms with E-state index >= 15 is 0 Å². The van der Waals surface area contributed by atoms with Crippen molar-refractivity contribution in [3.05, 3.63) is 17.8 Å². The van der Waals surface area contributed by atoms with E-state index in [0.29, 0.717) is 12.2 Å². The highest BCUT2D eigenvalue weighted by atomic mass is 16.2. The van der Waals surface area contributed by atoms with Crippen molar-refractivity contribution in [3.63, 3.8) is 0 Å². The predicted molar refractivity (Wildman–Crippen MR) is 62.2 cm³/mol. The maximum atomic E-state index is 11.7. The molecule has 0 aliphatic heterocycles. The van der Waals surface area contributed by atoms with E-state index in [9.17, 15) is 4.79 Å². The van der Waals surface area contributed by atoms with Gasteiger partial charge in [-0.15, -0.1) is 5.10 Å². The summed E-state index contributed by atoms with van der Waals surface area (Å²) in [5, 5.41) is 10.2. The number of aromatic amines is 1. The minimum Gasteiger partial charge on any atom is -0.331 e. The lowest BCUT2D eigenvalue weighted by Crippen LogP contribution is -2.36. The van der Waals surface area contributed by atoms with Gasteiger partial charge in [-0.25, -0.2) is 9.78 Å². The number of fused-ring (bicyclic) bond motifs is 1. The zero-order valence-electron chi connectivity index (χ0n) is 10.0. The fourth-order valence-electron chi connectivity index (χ4n) is 1.52. The van der Waals surface area contributed by atoms with E-state index in [0.717, 1.165) is 11.2 Å². The van der Waals surface area contributed by atoms with Gasteiger partial charge in [0.15, 0.2) is 0 Å². The molecule has 2 amide bonds. The molecule has 2 aromatic heterocycles. The zero-order chi connectivity index (χ0) is 12.4. The third-order valence-electron chi connectivity index (χ3n) is 2.36. The maximum Gasteiger partial charge on any atom is 0.319 e. The molecule has 2 rings (SSSR count). The van der Waals surface area contributed by atoms with Crippen LogP contribution in [0.5, 0.6) is 0 Å². The number of nitrogens with zero attached hydrogens (tertiary/aromatic N) is 5. The molecule has 2 heterocycles. The van der Waals surface area contributed by atoms with Crippen LogP contribution in [0.4, 0.5) is 4.79 Å². The first kappa shape index (κ1) is 11.3. The van der Waals surface area contributed by atoms with Crippen molar-refractivity contribution >= 4 is 17.2 Å². The molecule has 0 atom stereocenters. The molecule has 0 spiro atoms. The summed E-state index contributed by atoms with van der Waals surface area (Å²) in [6.45, 7) is 0.444. The lowest BCUT2D eigenvalue weighted by Gasteiger charge is -2.21. The Hall–Kier alpha value is -2.18. The Bertz CT molecular complexity index is 534. The van der Waals surface area contributed by atoms with Crippen molar-refractivity contribution in [2.24, 2.45) is 0 Å². The van der Waals surface area contributed by atoms with Crippen LogP contribution in [0.15, 0.2) is 12.1 Å². The Morgan fingerprint density at radius 2 is 2.12 bits per heavy atom. The van der Waals surface area contributed by atoms with Crippen LogP contribution in [0.2, 0.25) is 0 Å². The van der Waals surface area contributed by atoms with Gasteiger partial charge in [0, 0.05) is 21.1 Å². The van der Waals surface area contributed by atoms with Gasteiger partial charge < -0.3 is 9.80 Å². The second kappa shape index (κ2) is 4.36. The summed E-state index contributed by atoms with van der Waals surface area (Å²) < 4.78 is 0. The number of urea groups is 1. The number of nitrogens with one attached hydrogen (secondary N) is 1. The third kappa shape index (κ3) is 2.32. The van der Waals surface area contributed by atoms with Crippen molar-refractivity contribution in [2.75, 3.05) is 21.1 Å². The van der Waals surface area contributed by atoms with E-state index < -0.39 is 0 Å². The molecule has 0 saturated heterocycles. The normalized spacial score (nSPS) is 10.5. The molecule has 2 aromatic rings. The smallest absolute Gasteiger partial charge is 0.319 e. The molecule has 7 nitrogen and oxygen atoms in total. The number of amides is 2. The van der Waals surface area contributed by atoms with Gasteiger partial charge in [-0.2, -0.15) is 0 Å². The quantitative estimate of drug-likeness (QED) is 0.819. The lowest BCUT2D eigenvalue weighted by atomic mass is 10.3. The summed E-state index contributed by atoms with van der Waals surface area (Å²) in [6, 6.07) is 3.64. The molecule has 17 heavy (non-hydrogen) atoms. The van der Waals surface area contributed by atoms with Crippen LogP contribution in [0.25, 0.3) is 11.2 Å². The maximum absolute atomic E-state index is 11.7. The number of hydrogen-bond donors (Lipinski definition) is 1. The molecule has 0 radical (unpaired) electrons. The molecule has 0 unspecified atom stereocenters. The van der Waals surface area contributed by atoms with Gasteiger partial charge in [0.25, 0.3) is 0 Å². The first-order valence-corrected chi connectivity index (χ1v) is 5.17. The van der Waals surface area contributed by atoms with Crippen molar-refractivity contribution in [1.29, 1.82) is 0 Å². The topological polar surface area (TPSA) is 78.0 Å². The summed E-state index contributed by atoms with van der Waals surface area (Å²) in [5.74, 6) is 0. The summed E-state index contributed by atoms with van der Waals surface area (Å²) in [6.07, 6.45) is 0. The molecule has 7 heteroatoms. The Labute approximate surface area is 98.4 Å². The van der Waals surface area contributed by atoms with Crippen molar-refractivity contribution in [2.45, 2.75) is 6.54 Å². The highest BCUT2D eigenvalue weighted by Crippen LogP contribution is 2.08. The van der Waals surface area contributed by atoms with Crippen LogP contribution in [0, 0.1) is 0 Å². The van der Waals surface area contributed by atoms with Gasteiger partial charge in [0.1, 0.15) is 5.52 Å². The van der Waals surface area contributed by atoms with E-state index in [1.807, 2.05) is 12.1 Å². The van der Waals surface area contributed by atoms with Crippen LogP contribution in [0.3, 0.4) is 0 Å². The van der Waals surface area contributed by atoms with Crippen LogP contribution in [0.1, 0.15) is 5.69 Å². The number of carbonyl (C=O) groups excluding carboxylic acids is 1. The first-order chi connectivity index (χ1) is 8.08. The molecular formula is C10H14N6O. The summed E-state index contributed by atoms with van der Waals surface area (Å²) in [7, 11) is 5.16. The van der Waals surface area contributed by atoms with Gasteiger partial charge in [-0.1, -0.05) is 5.21 Å². The molecule has 0 saturated carbocycles. The van der Waals surface area contributed by atoms with E-state index in [4.69, 9.17) is 0 Å². The Morgan fingerprint density at radius 1 is 1.35 bits per heavy atom. The molecular weight excluding hydrogens is 220 g/mol. The van der Waals surface area contributed by atoms with Crippen LogP contribution < -0.4 is 0 Å². The van der Waals surface area contributed by atoms with Crippen molar-refractivity contribution in [3.8, 4) is 0 Å². The minimum absolute atomic E-state index is 0.0629. The number of pyridine rings is 1. The van der Waals surface area contributed by atoms with Gasteiger partial charge in [-0.3, -0.25) is 5.10 Å². The van der Waals surface area contributed by atoms with Crippen LogP contribution >= 0.6 is 0 Å². The van der Waals surface area contributed by atoms with E-state index in [-0.39, 0.29) is 6.03 Å². The van der Waals surface area contributed by atoms with Gasteiger partial charge in [-0.05, 0) is 12.1 Å². The Morgan fingerprint density at radius 3 is 2.82 bits per heavy atom. The monoisotopic (exact) mass is 234 g/mol. The summed E-state index contributed by atoms with van der Waals surface area (Å²) in [4.78, 5) is 19.1. The standard InChI is InChI=1S/C10H14N6O/c1-15(2)10(17)16(3)6-7-4-5-8-9(11-7)13-14-12-8/h4-5H,6H2,1-3H3,(H,11,12,13,14). The lowest BCUT2D eigenvalue weighted by molar-refractivity contribution is 0.179. The van der Waals surface area contributed by atoms with E-state index in [2.05, 4.69) is 20.4 Å². The highest BCUT2D eigenvalue weighted by molar-refractivity contribution is 5.73. The van der Waals surface area contributed by atoms with E-state index in [1.165, 1.54) is 4.90 Å². The van der Waals surface area contributed by atoms with Gasteiger partial charge in [0.05, 0.1) is 12.2 Å². The molecule has 0 aliphatic carbocycles. The average Bonchev–Trinajstić information content (AvgIpc) is 2.74. The molecule has 1 N–H and O–H groups in total. The first-order valence-electron chi connectivity index (χ1n) is 5.17. The summed E-state index contributed by atoms with van der Waals surface area (Å²) >= 11 is 0. The SMILES string of the molecule is CN(C)C(=O)N(C)Cc1ccc2[nH]nnc2n1. The zero-order valence-corrected chi connectivity index (χ0v) is 10.0. The fraction of sp³-hybridized carbons (Fsp3) is 0.400. The molecule has 0 fully saturated rings. The molecule has 0 bridgehead atoms. The van der Waals surface area contributed by atoms with Crippen molar-refractivity contribution in [1.82, 2.24) is 30.2 Å². The Kier molecular flexibility index (Phi) is 2.90. The van der Waals surface area contributed by atoms with E-state index in [1.54, 1.807) is 26.0 Å². The van der Waals surface area contributed by atoms with Crippen molar-refractivity contribution < 1.29 is 4.79 Å². The predicted octanol–water partition coefficient (Wildman–Crippen LogP) is 0.466. The molecule has 0 aliphatic rings. The number of H-pyrrole nitrogens is 1. The number of rotatable bonds is 2. The number of carbonyl (C=O) groups is 1. The molecule has 0 aromatic carbocycles. The fourth-order valence-corrected chi connectivity index (χ4v) is 1.52. The average molecular weight is 234 g/mol. The Balaban J connectivity index is 2.15. The second-order valence-corrected chi connectivity index (χ2v) is 4.02. The van der Waals surface area contributed by atoms with Crippen LogP contribution in [-0.2, 0) is 6.54 Å². The second-order valence-electron chi connectivity index (χ2n) is 4.02. The number of aromatic nitrogens is 4. The summed E-state index contributed by atoms with van der Waals surface area (Å²) in [5.41, 5.74) is 2.13. The largest absolute Gasteiger partial charge is 0.331 e. The highest BCUT2D eigenvalue weighted by Gasteiger charge is 2.12. The van der Waals surface area contributed by atoms with Gasteiger partial charge >= 0.3 is 6.03 Å². The molecule has 90 valence electrons. The third-order valence-corrected chi connectivity index (χ3v) is 2.36.